The summed E-state index contributed by atoms with van der Waals surface area (Å²) < 4.78 is 2.05. The van der Waals surface area contributed by atoms with Gasteiger partial charge in [-0.2, -0.15) is 0 Å². The molecule has 20 heavy (non-hydrogen) atoms. The lowest BCUT2D eigenvalue weighted by Gasteiger charge is -2.16. The lowest BCUT2D eigenvalue weighted by Crippen LogP contribution is -2.19. The molecule has 4 nitrogen and oxygen atoms in total. The van der Waals surface area contributed by atoms with Crippen LogP contribution in [0.1, 0.15) is 25.5 Å². The van der Waals surface area contributed by atoms with Gasteiger partial charge in [0.1, 0.15) is 12.1 Å². The molecule has 2 heterocycles. The van der Waals surface area contributed by atoms with Crippen LogP contribution in [0, 0.1) is 0 Å². The Bertz CT molecular complexity index is 717. The van der Waals surface area contributed by atoms with E-state index in [1.807, 2.05) is 36.8 Å². The number of nitrogens with one attached hydrogen (secondary N) is 1. The number of hydrogen-bond donors (Lipinski definition) is 1. The fourth-order valence-electron chi connectivity index (χ4n) is 2.49. The van der Waals surface area contributed by atoms with Crippen LogP contribution in [0.2, 0.25) is 0 Å². The van der Waals surface area contributed by atoms with E-state index in [0.29, 0.717) is 0 Å². The number of benzene rings is 1. The minimum absolute atomic E-state index is 0.255. The highest BCUT2D eigenvalue weighted by Crippen LogP contribution is 2.23. The van der Waals surface area contributed by atoms with Gasteiger partial charge in [0.25, 0.3) is 0 Å². The van der Waals surface area contributed by atoms with Gasteiger partial charge in [-0.05, 0) is 31.7 Å². The molecule has 4 heteroatoms. The van der Waals surface area contributed by atoms with E-state index >= 15 is 0 Å². The number of hydrogen-bond acceptors (Lipinski definition) is 3. The number of pyridine rings is 1. The van der Waals surface area contributed by atoms with E-state index in [4.69, 9.17) is 0 Å². The molecule has 1 unspecified atom stereocenters. The first-order chi connectivity index (χ1) is 9.81. The van der Waals surface area contributed by atoms with Crippen molar-refractivity contribution in [3.8, 4) is 5.82 Å². The van der Waals surface area contributed by atoms with Crippen molar-refractivity contribution in [3.05, 3.63) is 54.5 Å². The molecule has 0 amide bonds. The molecule has 3 aromatic rings. The Kier molecular flexibility index (Phi) is 3.48. The second-order valence-corrected chi connectivity index (χ2v) is 4.80. The quantitative estimate of drug-likeness (QED) is 0.789. The third kappa shape index (κ3) is 2.18. The van der Waals surface area contributed by atoms with Gasteiger partial charge in [0.2, 0.25) is 0 Å². The van der Waals surface area contributed by atoms with E-state index in [9.17, 15) is 0 Å². The van der Waals surface area contributed by atoms with Crippen LogP contribution >= 0.6 is 0 Å². The van der Waals surface area contributed by atoms with Crippen molar-refractivity contribution in [1.82, 2.24) is 19.9 Å². The molecule has 2 aromatic heterocycles. The standard InChI is InChI=1S/C16H18N4/c1-3-17-12(2)13-7-6-10-18-16(13)20-11-19-14-8-4-5-9-15(14)20/h4-12,17H,3H2,1-2H3. The van der Waals surface area contributed by atoms with Gasteiger partial charge in [-0.3, -0.25) is 4.57 Å². The average molecular weight is 266 g/mol. The molecule has 1 aromatic carbocycles. The number of imidazole rings is 1. The van der Waals surface area contributed by atoms with Crippen LogP contribution in [-0.4, -0.2) is 21.1 Å². The van der Waals surface area contributed by atoms with E-state index in [-0.39, 0.29) is 6.04 Å². The summed E-state index contributed by atoms with van der Waals surface area (Å²) >= 11 is 0. The summed E-state index contributed by atoms with van der Waals surface area (Å²) in [6, 6.07) is 12.5. The summed E-state index contributed by atoms with van der Waals surface area (Å²) in [6.45, 7) is 5.20. The Balaban J connectivity index is 2.15. The Hall–Kier alpha value is -2.20. The van der Waals surface area contributed by atoms with E-state index in [1.54, 1.807) is 0 Å². The number of para-hydroxylation sites is 2. The summed E-state index contributed by atoms with van der Waals surface area (Å²) in [5.74, 6) is 0.939. The van der Waals surface area contributed by atoms with Crippen LogP contribution in [-0.2, 0) is 0 Å². The molecule has 1 atom stereocenters. The van der Waals surface area contributed by atoms with Crippen LogP contribution in [0.25, 0.3) is 16.9 Å². The molecular formula is C16H18N4. The van der Waals surface area contributed by atoms with Crippen molar-refractivity contribution >= 4 is 11.0 Å². The zero-order valence-electron chi connectivity index (χ0n) is 11.7. The van der Waals surface area contributed by atoms with E-state index < -0.39 is 0 Å². The van der Waals surface area contributed by atoms with Gasteiger partial charge in [0.05, 0.1) is 11.0 Å². The second-order valence-electron chi connectivity index (χ2n) is 4.80. The number of aromatic nitrogens is 3. The minimum Gasteiger partial charge on any atom is -0.310 e. The largest absolute Gasteiger partial charge is 0.310 e. The molecule has 3 rings (SSSR count). The van der Waals surface area contributed by atoms with Crippen LogP contribution < -0.4 is 5.32 Å². The Morgan fingerprint density at radius 3 is 2.85 bits per heavy atom. The summed E-state index contributed by atoms with van der Waals surface area (Å²) in [7, 11) is 0. The molecule has 0 aliphatic heterocycles. The van der Waals surface area contributed by atoms with Gasteiger partial charge in [-0.25, -0.2) is 9.97 Å². The topological polar surface area (TPSA) is 42.7 Å². The summed E-state index contributed by atoms with van der Waals surface area (Å²) in [6.07, 6.45) is 3.67. The first-order valence-electron chi connectivity index (χ1n) is 6.92. The maximum atomic E-state index is 4.56. The second kappa shape index (κ2) is 5.43. The van der Waals surface area contributed by atoms with Gasteiger partial charge >= 0.3 is 0 Å². The molecule has 0 radical (unpaired) electrons. The van der Waals surface area contributed by atoms with Crippen LogP contribution in [0.4, 0.5) is 0 Å². The van der Waals surface area contributed by atoms with E-state index in [1.165, 1.54) is 5.56 Å². The highest BCUT2D eigenvalue weighted by Gasteiger charge is 2.13. The molecular weight excluding hydrogens is 248 g/mol. The molecule has 0 spiro atoms. The van der Waals surface area contributed by atoms with Gasteiger partial charge in [0, 0.05) is 17.8 Å². The van der Waals surface area contributed by atoms with Crippen molar-refractivity contribution in [2.75, 3.05) is 6.54 Å². The van der Waals surface area contributed by atoms with Crippen molar-refractivity contribution in [3.63, 3.8) is 0 Å². The third-order valence-corrected chi connectivity index (χ3v) is 3.48. The van der Waals surface area contributed by atoms with Crippen LogP contribution in [0.5, 0.6) is 0 Å². The van der Waals surface area contributed by atoms with Crippen molar-refractivity contribution in [1.29, 1.82) is 0 Å². The zero-order chi connectivity index (χ0) is 13.9. The SMILES string of the molecule is CCNC(C)c1cccnc1-n1cnc2ccccc21. The van der Waals surface area contributed by atoms with Crippen molar-refractivity contribution in [2.45, 2.75) is 19.9 Å². The molecule has 0 aliphatic carbocycles. The monoisotopic (exact) mass is 266 g/mol. The highest BCUT2D eigenvalue weighted by molar-refractivity contribution is 5.77. The summed E-state index contributed by atoms with van der Waals surface area (Å²) in [5, 5.41) is 3.44. The molecule has 0 bridgehead atoms. The predicted octanol–water partition coefficient (Wildman–Crippen LogP) is 3.09. The number of fused-ring (bicyclic) bond motifs is 1. The lowest BCUT2D eigenvalue weighted by molar-refractivity contribution is 0.593. The Morgan fingerprint density at radius 1 is 1.15 bits per heavy atom. The van der Waals surface area contributed by atoms with Gasteiger partial charge in [-0.15, -0.1) is 0 Å². The van der Waals surface area contributed by atoms with Crippen molar-refractivity contribution < 1.29 is 0 Å². The number of nitrogens with zero attached hydrogens (tertiary/aromatic N) is 3. The van der Waals surface area contributed by atoms with E-state index in [0.717, 1.165) is 23.4 Å². The molecule has 0 aliphatic rings. The lowest BCUT2D eigenvalue weighted by atomic mass is 10.1. The van der Waals surface area contributed by atoms with Gasteiger partial charge in [0.15, 0.2) is 0 Å². The van der Waals surface area contributed by atoms with Crippen molar-refractivity contribution in [2.24, 2.45) is 0 Å². The molecule has 1 N–H and O–H groups in total. The fourth-order valence-corrected chi connectivity index (χ4v) is 2.49. The maximum absolute atomic E-state index is 4.56. The predicted molar refractivity (Wildman–Crippen MR) is 81.0 cm³/mol. The van der Waals surface area contributed by atoms with Gasteiger partial charge < -0.3 is 5.32 Å². The fraction of sp³-hybridized carbons (Fsp3) is 0.250. The van der Waals surface area contributed by atoms with Gasteiger partial charge in [-0.1, -0.05) is 25.1 Å². The molecule has 0 fully saturated rings. The summed E-state index contributed by atoms with van der Waals surface area (Å²) in [5.41, 5.74) is 3.24. The summed E-state index contributed by atoms with van der Waals surface area (Å²) in [4.78, 5) is 9.00. The maximum Gasteiger partial charge on any atom is 0.143 e. The smallest absolute Gasteiger partial charge is 0.143 e. The Morgan fingerprint density at radius 2 is 2.00 bits per heavy atom. The van der Waals surface area contributed by atoms with Crippen LogP contribution in [0.3, 0.4) is 0 Å². The zero-order valence-corrected chi connectivity index (χ0v) is 11.7. The first kappa shape index (κ1) is 12.8. The first-order valence-corrected chi connectivity index (χ1v) is 6.92. The number of rotatable bonds is 4. The third-order valence-electron chi connectivity index (χ3n) is 3.48. The molecule has 102 valence electrons. The molecule has 0 saturated carbocycles. The van der Waals surface area contributed by atoms with Crippen LogP contribution in [0.15, 0.2) is 48.9 Å². The minimum atomic E-state index is 0.255. The Labute approximate surface area is 118 Å². The molecule has 0 saturated heterocycles. The van der Waals surface area contributed by atoms with E-state index in [2.05, 4.69) is 45.8 Å². The highest BCUT2D eigenvalue weighted by atomic mass is 15.1. The normalized spacial score (nSPS) is 12.7. The average Bonchev–Trinajstić information content (AvgIpc) is 2.91.